The topological polar surface area (TPSA) is 85.2 Å². The van der Waals surface area contributed by atoms with Crippen LogP contribution in [0.15, 0.2) is 30.6 Å². The molecule has 0 bridgehead atoms. The van der Waals surface area contributed by atoms with Gasteiger partial charge in [-0.1, -0.05) is 0 Å². The van der Waals surface area contributed by atoms with E-state index in [1.165, 1.54) is 7.05 Å². The van der Waals surface area contributed by atoms with Gasteiger partial charge in [0.15, 0.2) is 6.61 Å². The van der Waals surface area contributed by atoms with Crippen molar-refractivity contribution in [3.63, 3.8) is 0 Å². The van der Waals surface area contributed by atoms with E-state index in [-0.39, 0.29) is 12.5 Å². The molecule has 2 N–H and O–H groups in total. The molecular formula is C15H20N4O3. The number of hydrogen-bond acceptors (Lipinski definition) is 4. The highest BCUT2D eigenvalue weighted by Crippen LogP contribution is 2.12. The lowest BCUT2D eigenvalue weighted by Gasteiger charge is -2.07. The van der Waals surface area contributed by atoms with Crippen LogP contribution in [0.1, 0.15) is 12.8 Å². The van der Waals surface area contributed by atoms with Crippen LogP contribution in [0.4, 0.5) is 4.79 Å². The predicted octanol–water partition coefficient (Wildman–Crippen LogP) is 1.29. The van der Waals surface area contributed by atoms with Crippen molar-refractivity contribution in [1.82, 2.24) is 20.2 Å². The van der Waals surface area contributed by atoms with Crippen LogP contribution in [0.2, 0.25) is 0 Å². The van der Waals surface area contributed by atoms with Gasteiger partial charge in [-0.05, 0) is 31.0 Å². The molecule has 0 aliphatic carbocycles. The first-order valence-electron chi connectivity index (χ1n) is 7.22. The van der Waals surface area contributed by atoms with Gasteiger partial charge in [0.25, 0.3) is 5.91 Å². The lowest BCUT2D eigenvalue weighted by atomic mass is 10.3. The fraction of sp³-hybridized carbons (Fsp3) is 0.400. The first-order chi connectivity index (χ1) is 10.7. The summed E-state index contributed by atoms with van der Waals surface area (Å²) in [6.07, 6.45) is 4.96. The molecule has 0 fully saturated rings. The number of nitrogens with zero attached hydrogens (tertiary/aromatic N) is 2. The van der Waals surface area contributed by atoms with Gasteiger partial charge in [0.1, 0.15) is 5.65 Å². The maximum Gasteiger partial charge on any atom is 0.407 e. The Morgan fingerprint density at radius 2 is 2.18 bits per heavy atom. The molecule has 2 rings (SSSR count). The summed E-state index contributed by atoms with van der Waals surface area (Å²) in [7, 11) is 1.49. The Kier molecular flexibility index (Phi) is 5.76. The molecule has 0 aliphatic rings. The van der Waals surface area contributed by atoms with Gasteiger partial charge in [-0.25, -0.2) is 9.78 Å². The standard InChI is InChI=1S/C15H20N4O3/c1-16-13(20)11-22-15(21)18-7-2-3-9-19-10-6-12-5-4-8-17-14(12)19/h4-6,8,10H,2-3,7,9,11H2,1H3,(H,16,20)(H,18,21). The van der Waals surface area contributed by atoms with Crippen molar-refractivity contribution >= 4 is 23.0 Å². The van der Waals surface area contributed by atoms with E-state index in [2.05, 4.69) is 20.2 Å². The van der Waals surface area contributed by atoms with Crippen LogP contribution in [0.25, 0.3) is 11.0 Å². The third-order valence-corrected chi connectivity index (χ3v) is 3.23. The van der Waals surface area contributed by atoms with Gasteiger partial charge in [-0.2, -0.15) is 0 Å². The Morgan fingerprint density at radius 1 is 1.32 bits per heavy atom. The summed E-state index contributed by atoms with van der Waals surface area (Å²) in [4.78, 5) is 26.6. The zero-order valence-corrected chi connectivity index (χ0v) is 12.5. The van der Waals surface area contributed by atoms with Crippen molar-refractivity contribution in [2.75, 3.05) is 20.2 Å². The number of hydrogen-bond donors (Lipinski definition) is 2. The third-order valence-electron chi connectivity index (χ3n) is 3.23. The fourth-order valence-electron chi connectivity index (χ4n) is 2.05. The molecule has 0 aromatic carbocycles. The second kappa shape index (κ2) is 8.02. The van der Waals surface area contributed by atoms with Crippen molar-refractivity contribution in [2.45, 2.75) is 19.4 Å². The minimum atomic E-state index is -0.573. The normalized spacial score (nSPS) is 10.4. The van der Waals surface area contributed by atoms with E-state index in [0.29, 0.717) is 6.54 Å². The van der Waals surface area contributed by atoms with Gasteiger partial charge in [0, 0.05) is 37.9 Å². The minimum absolute atomic E-state index is 0.261. The van der Waals surface area contributed by atoms with Crippen LogP contribution in [-0.4, -0.2) is 41.8 Å². The Balaban J connectivity index is 1.63. The zero-order chi connectivity index (χ0) is 15.8. The smallest absolute Gasteiger partial charge is 0.407 e. The number of carbonyl (C=O) groups is 2. The number of aryl methyl sites for hydroxylation is 1. The number of aromatic nitrogens is 2. The molecule has 118 valence electrons. The summed E-state index contributed by atoms with van der Waals surface area (Å²) in [5.74, 6) is -0.331. The first-order valence-corrected chi connectivity index (χ1v) is 7.22. The van der Waals surface area contributed by atoms with Crippen molar-refractivity contribution < 1.29 is 14.3 Å². The van der Waals surface area contributed by atoms with E-state index in [4.69, 9.17) is 4.74 Å². The second-order valence-electron chi connectivity index (χ2n) is 4.81. The number of ether oxygens (including phenoxy) is 1. The number of unbranched alkanes of at least 4 members (excludes halogenated alkanes) is 1. The molecule has 0 atom stereocenters. The van der Waals surface area contributed by atoms with Crippen molar-refractivity contribution in [1.29, 1.82) is 0 Å². The molecule has 0 radical (unpaired) electrons. The number of nitrogens with one attached hydrogen (secondary N) is 2. The monoisotopic (exact) mass is 304 g/mol. The van der Waals surface area contributed by atoms with Crippen LogP contribution >= 0.6 is 0 Å². The fourth-order valence-corrected chi connectivity index (χ4v) is 2.05. The highest BCUT2D eigenvalue weighted by molar-refractivity contribution is 5.79. The Labute approximate surface area is 128 Å². The van der Waals surface area contributed by atoms with Crippen LogP contribution in [-0.2, 0) is 16.1 Å². The SMILES string of the molecule is CNC(=O)COC(=O)NCCCCn1ccc2cccnc21. The molecule has 7 nitrogen and oxygen atoms in total. The first kappa shape index (κ1) is 15.8. The number of pyridine rings is 1. The molecule has 0 saturated carbocycles. The van der Waals surface area contributed by atoms with Gasteiger partial charge >= 0.3 is 6.09 Å². The number of likely N-dealkylation sites (N-methyl/N-ethyl adjacent to an activating group) is 1. The summed E-state index contributed by atoms with van der Waals surface area (Å²) in [5.41, 5.74) is 0.973. The Hall–Kier alpha value is -2.57. The summed E-state index contributed by atoms with van der Waals surface area (Å²) >= 11 is 0. The molecule has 2 heterocycles. The number of rotatable bonds is 7. The largest absolute Gasteiger partial charge is 0.439 e. The van der Waals surface area contributed by atoms with Crippen LogP contribution in [0.5, 0.6) is 0 Å². The predicted molar refractivity (Wildman–Crippen MR) is 82.4 cm³/mol. The lowest BCUT2D eigenvalue weighted by molar-refractivity contribution is -0.123. The van der Waals surface area contributed by atoms with E-state index >= 15 is 0 Å². The maximum absolute atomic E-state index is 11.3. The molecule has 7 heteroatoms. The highest BCUT2D eigenvalue weighted by Gasteiger charge is 2.05. The van der Waals surface area contributed by atoms with E-state index in [0.717, 1.165) is 30.4 Å². The molecule has 0 saturated heterocycles. The van der Waals surface area contributed by atoms with Gasteiger partial charge in [-0.15, -0.1) is 0 Å². The zero-order valence-electron chi connectivity index (χ0n) is 12.5. The average Bonchev–Trinajstić information content (AvgIpc) is 2.95. The maximum atomic E-state index is 11.3. The van der Waals surface area contributed by atoms with E-state index in [1.807, 2.05) is 24.4 Å². The van der Waals surface area contributed by atoms with Crippen LogP contribution < -0.4 is 10.6 Å². The summed E-state index contributed by atoms with van der Waals surface area (Å²) in [6.45, 7) is 1.10. The number of amides is 2. The third kappa shape index (κ3) is 4.47. The average molecular weight is 304 g/mol. The van der Waals surface area contributed by atoms with Gasteiger partial charge in [0.2, 0.25) is 0 Å². The van der Waals surface area contributed by atoms with Crippen LogP contribution in [0.3, 0.4) is 0 Å². The molecule has 0 aliphatic heterocycles. The molecule has 0 spiro atoms. The van der Waals surface area contributed by atoms with E-state index in [1.54, 1.807) is 6.20 Å². The van der Waals surface area contributed by atoms with Gasteiger partial charge < -0.3 is 19.9 Å². The van der Waals surface area contributed by atoms with E-state index in [9.17, 15) is 9.59 Å². The molecule has 22 heavy (non-hydrogen) atoms. The summed E-state index contributed by atoms with van der Waals surface area (Å²) < 4.78 is 6.82. The van der Waals surface area contributed by atoms with Crippen molar-refractivity contribution in [3.8, 4) is 0 Å². The quantitative estimate of drug-likeness (QED) is 0.755. The van der Waals surface area contributed by atoms with Crippen molar-refractivity contribution in [3.05, 3.63) is 30.6 Å². The summed E-state index contributed by atoms with van der Waals surface area (Å²) in [6, 6.07) is 5.99. The Morgan fingerprint density at radius 3 is 3.00 bits per heavy atom. The van der Waals surface area contributed by atoms with Crippen molar-refractivity contribution in [2.24, 2.45) is 0 Å². The van der Waals surface area contributed by atoms with Gasteiger partial charge in [-0.3, -0.25) is 4.79 Å². The molecule has 2 aromatic rings. The molecule has 0 unspecified atom stereocenters. The van der Waals surface area contributed by atoms with Crippen LogP contribution in [0, 0.1) is 0 Å². The Bertz CT molecular complexity index is 639. The number of alkyl carbamates (subject to hydrolysis) is 1. The van der Waals surface area contributed by atoms with Gasteiger partial charge in [0.05, 0.1) is 0 Å². The number of fused-ring (bicyclic) bond motifs is 1. The second-order valence-corrected chi connectivity index (χ2v) is 4.81. The van der Waals surface area contributed by atoms with E-state index < -0.39 is 6.09 Å². The number of carbonyl (C=O) groups excluding carboxylic acids is 2. The molecule has 2 amide bonds. The highest BCUT2D eigenvalue weighted by atomic mass is 16.6. The summed E-state index contributed by atoms with van der Waals surface area (Å²) in [5, 5.41) is 6.11. The molecule has 2 aromatic heterocycles. The minimum Gasteiger partial charge on any atom is -0.439 e. The lowest BCUT2D eigenvalue weighted by Crippen LogP contribution is -2.31. The molecular weight excluding hydrogens is 284 g/mol.